The average Bonchev–Trinajstić information content (AvgIpc) is 2.14. The maximum absolute atomic E-state index is 11.3. The van der Waals surface area contributed by atoms with E-state index < -0.39 is 22.0 Å². The normalized spacial score (nSPS) is 13.9. The number of esters is 1. The number of ether oxygens (including phenoxy) is 1. The third kappa shape index (κ3) is 6.11. The first kappa shape index (κ1) is 14.9. The molecule has 1 unspecified atom stereocenters. The molecule has 1 N–H and O–H groups in total. The van der Waals surface area contributed by atoms with Gasteiger partial charge in [0.15, 0.2) is 0 Å². The zero-order valence-electron chi connectivity index (χ0n) is 8.99. The van der Waals surface area contributed by atoms with Gasteiger partial charge in [-0.2, -0.15) is 0 Å². The molecule has 0 aliphatic heterocycles. The van der Waals surface area contributed by atoms with E-state index in [0.29, 0.717) is 6.42 Å². The standard InChI is InChI=1S/C8H16BrNO4S/c1-6(2)4-7(8(11)14-3)10-15(12,13)5-9/h6-7,10H,4-5H2,1-3H3. The van der Waals surface area contributed by atoms with Gasteiger partial charge in [-0.1, -0.05) is 29.8 Å². The Bertz CT molecular complexity index is 302. The van der Waals surface area contributed by atoms with Crippen LogP contribution in [0.3, 0.4) is 0 Å². The molecule has 0 saturated heterocycles. The van der Waals surface area contributed by atoms with Gasteiger partial charge < -0.3 is 4.74 Å². The number of methoxy groups -OCH3 is 1. The van der Waals surface area contributed by atoms with Crippen molar-refractivity contribution in [3.8, 4) is 0 Å². The fourth-order valence-corrected chi connectivity index (χ4v) is 2.14. The van der Waals surface area contributed by atoms with Crippen LogP contribution in [0.1, 0.15) is 20.3 Å². The molecular formula is C8H16BrNO4S. The van der Waals surface area contributed by atoms with Gasteiger partial charge >= 0.3 is 5.97 Å². The van der Waals surface area contributed by atoms with Gasteiger partial charge in [0.25, 0.3) is 0 Å². The molecule has 15 heavy (non-hydrogen) atoms. The highest BCUT2D eigenvalue weighted by atomic mass is 79.9. The van der Waals surface area contributed by atoms with E-state index in [1.807, 2.05) is 13.8 Å². The molecule has 0 heterocycles. The second kappa shape index (κ2) is 6.44. The molecule has 5 nitrogen and oxygen atoms in total. The molecule has 1 atom stereocenters. The summed E-state index contributed by atoms with van der Waals surface area (Å²) in [5, 5.41) is 0. The van der Waals surface area contributed by atoms with Crippen LogP contribution in [0.15, 0.2) is 0 Å². The Labute approximate surface area is 98.7 Å². The van der Waals surface area contributed by atoms with Crippen LogP contribution in [-0.4, -0.2) is 32.2 Å². The highest BCUT2D eigenvalue weighted by Crippen LogP contribution is 2.08. The van der Waals surface area contributed by atoms with Crippen LogP contribution >= 0.6 is 15.9 Å². The minimum absolute atomic E-state index is 0.201. The Morgan fingerprint density at radius 3 is 2.33 bits per heavy atom. The third-order valence-corrected chi connectivity index (χ3v) is 4.40. The molecule has 0 aliphatic rings. The first-order valence-electron chi connectivity index (χ1n) is 4.46. The Hall–Kier alpha value is -0.140. The second-order valence-electron chi connectivity index (χ2n) is 3.55. The molecule has 0 amide bonds. The molecular weight excluding hydrogens is 286 g/mol. The van der Waals surface area contributed by atoms with E-state index in [0.717, 1.165) is 0 Å². The Morgan fingerprint density at radius 1 is 1.47 bits per heavy atom. The summed E-state index contributed by atoms with van der Waals surface area (Å²) in [6.45, 7) is 3.80. The van der Waals surface area contributed by atoms with Gasteiger partial charge in [0.2, 0.25) is 10.0 Å². The van der Waals surface area contributed by atoms with Gasteiger partial charge in [0.1, 0.15) is 10.7 Å². The zero-order chi connectivity index (χ0) is 12.1. The summed E-state index contributed by atoms with van der Waals surface area (Å²) >= 11 is 2.83. The number of sulfonamides is 1. The molecule has 0 aromatic carbocycles. The predicted molar refractivity (Wildman–Crippen MR) is 61.1 cm³/mol. The number of alkyl halides is 1. The lowest BCUT2D eigenvalue weighted by Crippen LogP contribution is -2.42. The molecule has 0 aliphatic carbocycles. The summed E-state index contributed by atoms with van der Waals surface area (Å²) in [5.41, 5.74) is 0. The topological polar surface area (TPSA) is 72.5 Å². The Kier molecular flexibility index (Phi) is 6.38. The number of rotatable bonds is 6. The van der Waals surface area contributed by atoms with Crippen molar-refractivity contribution in [2.45, 2.75) is 26.3 Å². The number of hydrogen-bond acceptors (Lipinski definition) is 4. The molecule has 0 bridgehead atoms. The molecule has 0 aromatic rings. The molecule has 0 spiro atoms. The minimum Gasteiger partial charge on any atom is -0.468 e. The lowest BCUT2D eigenvalue weighted by molar-refractivity contribution is -0.143. The summed E-state index contributed by atoms with van der Waals surface area (Å²) in [4.78, 5) is 11.3. The van der Waals surface area contributed by atoms with E-state index >= 15 is 0 Å². The van der Waals surface area contributed by atoms with Gasteiger partial charge in [0.05, 0.1) is 7.11 Å². The van der Waals surface area contributed by atoms with Crippen LogP contribution < -0.4 is 4.72 Å². The zero-order valence-corrected chi connectivity index (χ0v) is 11.4. The number of carbonyl (C=O) groups is 1. The molecule has 7 heteroatoms. The number of hydrogen-bond donors (Lipinski definition) is 1. The lowest BCUT2D eigenvalue weighted by atomic mass is 10.1. The highest BCUT2D eigenvalue weighted by Gasteiger charge is 2.25. The van der Waals surface area contributed by atoms with Crippen molar-refractivity contribution in [2.75, 3.05) is 11.8 Å². The summed E-state index contributed by atoms with van der Waals surface area (Å²) < 4.78 is 29.1. The third-order valence-electron chi connectivity index (χ3n) is 1.66. The van der Waals surface area contributed by atoms with Crippen molar-refractivity contribution in [1.29, 1.82) is 0 Å². The van der Waals surface area contributed by atoms with Gasteiger partial charge in [-0.15, -0.1) is 0 Å². The first-order valence-corrected chi connectivity index (χ1v) is 7.23. The van der Waals surface area contributed by atoms with Crippen molar-refractivity contribution >= 4 is 31.9 Å². The highest BCUT2D eigenvalue weighted by molar-refractivity contribution is 9.10. The SMILES string of the molecule is COC(=O)C(CC(C)C)NS(=O)(=O)CBr. The molecule has 0 saturated carbocycles. The largest absolute Gasteiger partial charge is 0.468 e. The quantitative estimate of drug-likeness (QED) is 0.583. The first-order chi connectivity index (χ1) is 6.82. The summed E-state index contributed by atoms with van der Waals surface area (Å²) in [5.74, 6) is -0.361. The number of nitrogens with one attached hydrogen (secondary N) is 1. The van der Waals surface area contributed by atoms with Crippen LogP contribution in [0.25, 0.3) is 0 Å². The van der Waals surface area contributed by atoms with Gasteiger partial charge in [0, 0.05) is 0 Å². The smallest absolute Gasteiger partial charge is 0.323 e. The summed E-state index contributed by atoms with van der Waals surface area (Å²) in [6.07, 6.45) is 0.416. The molecule has 0 radical (unpaired) electrons. The van der Waals surface area contributed by atoms with Gasteiger partial charge in [-0.3, -0.25) is 4.79 Å². The van der Waals surface area contributed by atoms with E-state index in [-0.39, 0.29) is 10.6 Å². The van der Waals surface area contributed by atoms with Crippen LogP contribution in [0.2, 0.25) is 0 Å². The average molecular weight is 302 g/mol. The maximum Gasteiger partial charge on any atom is 0.323 e. The van der Waals surface area contributed by atoms with Crippen LogP contribution in [0.5, 0.6) is 0 Å². The van der Waals surface area contributed by atoms with E-state index in [4.69, 9.17) is 0 Å². The van der Waals surface area contributed by atoms with Crippen molar-refractivity contribution in [2.24, 2.45) is 5.92 Å². The number of halogens is 1. The van der Waals surface area contributed by atoms with Crippen molar-refractivity contribution < 1.29 is 17.9 Å². The van der Waals surface area contributed by atoms with Gasteiger partial charge in [-0.25, -0.2) is 13.1 Å². The molecule has 0 fully saturated rings. The van der Waals surface area contributed by atoms with E-state index in [9.17, 15) is 13.2 Å². The van der Waals surface area contributed by atoms with E-state index in [2.05, 4.69) is 25.4 Å². The van der Waals surface area contributed by atoms with Crippen molar-refractivity contribution in [3.05, 3.63) is 0 Å². The second-order valence-corrected chi connectivity index (χ2v) is 6.60. The molecule has 90 valence electrons. The lowest BCUT2D eigenvalue weighted by Gasteiger charge is -2.17. The summed E-state index contributed by atoms with van der Waals surface area (Å²) in [7, 11) is -2.22. The van der Waals surface area contributed by atoms with Gasteiger partial charge in [-0.05, 0) is 12.3 Å². The maximum atomic E-state index is 11.3. The van der Waals surface area contributed by atoms with Crippen molar-refractivity contribution in [1.82, 2.24) is 4.72 Å². The molecule has 0 rings (SSSR count). The minimum atomic E-state index is -3.45. The fraction of sp³-hybridized carbons (Fsp3) is 0.875. The Balaban J connectivity index is 4.58. The predicted octanol–water partition coefficient (Wildman–Crippen LogP) is 0.846. The summed E-state index contributed by atoms with van der Waals surface area (Å²) in [6, 6.07) is -0.808. The van der Waals surface area contributed by atoms with E-state index in [1.54, 1.807) is 0 Å². The van der Waals surface area contributed by atoms with Crippen molar-refractivity contribution in [3.63, 3.8) is 0 Å². The van der Waals surface area contributed by atoms with Crippen LogP contribution in [-0.2, 0) is 19.6 Å². The Morgan fingerprint density at radius 2 is 2.00 bits per heavy atom. The fourth-order valence-electron chi connectivity index (χ4n) is 1.05. The van der Waals surface area contributed by atoms with Crippen LogP contribution in [0.4, 0.5) is 0 Å². The number of carbonyl (C=O) groups excluding carboxylic acids is 1. The van der Waals surface area contributed by atoms with Crippen LogP contribution in [0, 0.1) is 5.92 Å². The monoisotopic (exact) mass is 301 g/mol. The van der Waals surface area contributed by atoms with E-state index in [1.165, 1.54) is 7.11 Å². The molecule has 0 aromatic heterocycles.